The molecule has 0 spiro atoms. The number of nitrogens with one attached hydrogen (secondary N) is 1. The van der Waals surface area contributed by atoms with Crippen LogP contribution in [0.4, 0.5) is 0 Å². The number of nitrogens with zero attached hydrogens (tertiary/aromatic N) is 2. The van der Waals surface area contributed by atoms with E-state index in [0.29, 0.717) is 10.9 Å². The van der Waals surface area contributed by atoms with Gasteiger partial charge in [0.25, 0.3) is 5.91 Å². The fourth-order valence-corrected chi connectivity index (χ4v) is 3.02. The van der Waals surface area contributed by atoms with Crippen LogP contribution in [0.25, 0.3) is 0 Å². The average molecular weight is 297 g/mol. The molecule has 3 rings (SSSR count). The number of carbonyl (C=O) groups excluding carboxylic acids is 1. The van der Waals surface area contributed by atoms with E-state index in [0.717, 1.165) is 11.3 Å². The number of amides is 1. The molecule has 5 heteroatoms. The number of carbonyl (C=O) groups is 1. The van der Waals surface area contributed by atoms with Crippen molar-refractivity contribution in [2.45, 2.75) is 18.2 Å². The molecule has 1 aromatic carbocycles. The largest absolute Gasteiger partial charge is 0.303 e. The zero-order chi connectivity index (χ0) is 14.7. The Morgan fingerprint density at radius 3 is 2.62 bits per heavy atom. The fourth-order valence-electron chi connectivity index (χ4n) is 2.15. The van der Waals surface area contributed by atoms with Crippen LogP contribution in [0.2, 0.25) is 0 Å². The van der Waals surface area contributed by atoms with E-state index >= 15 is 0 Å². The molecule has 1 unspecified atom stereocenters. The van der Waals surface area contributed by atoms with E-state index in [9.17, 15) is 4.79 Å². The summed E-state index contributed by atoms with van der Waals surface area (Å²) >= 11 is 1.49. The van der Waals surface area contributed by atoms with Gasteiger partial charge in [-0.05, 0) is 24.6 Å². The summed E-state index contributed by atoms with van der Waals surface area (Å²) in [5, 5.41) is 3.51. The molecule has 1 N–H and O–H groups in total. The Bertz CT molecular complexity index is 672. The first-order valence-corrected chi connectivity index (χ1v) is 7.66. The maximum atomic E-state index is 12.3. The van der Waals surface area contributed by atoms with Gasteiger partial charge in [-0.3, -0.25) is 9.78 Å². The topological polar surface area (TPSA) is 54.4 Å². The molecule has 1 amide bonds. The van der Waals surface area contributed by atoms with E-state index in [-0.39, 0.29) is 5.91 Å². The molecule has 0 fully saturated rings. The molecule has 0 bridgehead atoms. The SMILES string of the molecule is CC1(c2ccccc2)N=C(SCc2ccccn2)NC1=O. The molecule has 1 aliphatic heterocycles. The third kappa shape index (κ3) is 2.83. The summed E-state index contributed by atoms with van der Waals surface area (Å²) in [6, 6.07) is 15.4. The number of rotatable bonds is 3. The molecule has 1 aromatic heterocycles. The Labute approximate surface area is 127 Å². The van der Waals surface area contributed by atoms with Crippen molar-refractivity contribution < 1.29 is 4.79 Å². The summed E-state index contributed by atoms with van der Waals surface area (Å²) in [5.41, 5.74) is 1.02. The standard InChI is InChI=1S/C16H15N3OS/c1-16(12-7-3-2-4-8-12)14(20)18-15(19-16)21-11-13-9-5-6-10-17-13/h2-10H,11H2,1H3,(H,18,19,20). The van der Waals surface area contributed by atoms with E-state index < -0.39 is 5.54 Å². The molecule has 0 radical (unpaired) electrons. The molecule has 1 aliphatic rings. The number of aromatic nitrogens is 1. The van der Waals surface area contributed by atoms with Crippen LogP contribution in [0, 0.1) is 0 Å². The first kappa shape index (κ1) is 13.8. The van der Waals surface area contributed by atoms with Crippen molar-refractivity contribution in [3.63, 3.8) is 0 Å². The van der Waals surface area contributed by atoms with Gasteiger partial charge in [-0.1, -0.05) is 48.2 Å². The van der Waals surface area contributed by atoms with Crippen molar-refractivity contribution in [1.29, 1.82) is 0 Å². The fraction of sp³-hybridized carbons (Fsp3) is 0.188. The zero-order valence-electron chi connectivity index (χ0n) is 11.6. The van der Waals surface area contributed by atoms with Gasteiger partial charge in [0.2, 0.25) is 0 Å². The number of hydrogen-bond donors (Lipinski definition) is 1. The highest BCUT2D eigenvalue weighted by Gasteiger charge is 2.40. The van der Waals surface area contributed by atoms with Gasteiger partial charge in [0.15, 0.2) is 10.7 Å². The van der Waals surface area contributed by atoms with Gasteiger partial charge < -0.3 is 5.32 Å². The van der Waals surface area contributed by atoms with E-state index in [1.807, 2.05) is 55.5 Å². The normalized spacial score (nSPS) is 21.0. The van der Waals surface area contributed by atoms with E-state index in [1.165, 1.54) is 11.8 Å². The van der Waals surface area contributed by atoms with Gasteiger partial charge >= 0.3 is 0 Å². The molecular weight excluding hydrogens is 282 g/mol. The molecule has 2 aromatic rings. The average Bonchev–Trinajstić information content (AvgIpc) is 2.83. The number of pyridine rings is 1. The van der Waals surface area contributed by atoms with Crippen LogP contribution in [-0.4, -0.2) is 16.1 Å². The van der Waals surface area contributed by atoms with Crippen molar-refractivity contribution in [3.05, 3.63) is 66.0 Å². The Hall–Kier alpha value is -2.14. The molecular formula is C16H15N3OS. The highest BCUT2D eigenvalue weighted by atomic mass is 32.2. The van der Waals surface area contributed by atoms with Gasteiger partial charge in [0.1, 0.15) is 0 Å². The smallest absolute Gasteiger partial charge is 0.258 e. The molecule has 0 aliphatic carbocycles. The second-order valence-corrected chi connectivity index (χ2v) is 5.88. The summed E-state index contributed by atoms with van der Waals surface area (Å²) in [6.45, 7) is 1.84. The number of amidine groups is 1. The summed E-state index contributed by atoms with van der Waals surface area (Å²) in [7, 11) is 0. The number of aliphatic imine (C=N–C) groups is 1. The van der Waals surface area contributed by atoms with Gasteiger partial charge in [0, 0.05) is 11.9 Å². The van der Waals surface area contributed by atoms with Crippen LogP contribution in [0.5, 0.6) is 0 Å². The predicted molar refractivity (Wildman–Crippen MR) is 84.9 cm³/mol. The Morgan fingerprint density at radius 2 is 1.90 bits per heavy atom. The molecule has 0 saturated carbocycles. The number of benzene rings is 1. The third-order valence-electron chi connectivity index (χ3n) is 3.41. The Morgan fingerprint density at radius 1 is 1.14 bits per heavy atom. The monoisotopic (exact) mass is 297 g/mol. The Kier molecular flexibility index (Phi) is 3.75. The molecule has 2 heterocycles. The van der Waals surface area contributed by atoms with Crippen LogP contribution in [-0.2, 0) is 16.1 Å². The lowest BCUT2D eigenvalue weighted by Gasteiger charge is -2.17. The van der Waals surface area contributed by atoms with Crippen LogP contribution < -0.4 is 5.32 Å². The van der Waals surface area contributed by atoms with Crippen molar-refractivity contribution in [1.82, 2.24) is 10.3 Å². The van der Waals surface area contributed by atoms with Crippen molar-refractivity contribution in [3.8, 4) is 0 Å². The van der Waals surface area contributed by atoms with Gasteiger partial charge in [-0.2, -0.15) is 0 Å². The van der Waals surface area contributed by atoms with Crippen LogP contribution in [0.15, 0.2) is 59.7 Å². The van der Waals surface area contributed by atoms with Crippen LogP contribution in [0.3, 0.4) is 0 Å². The van der Waals surface area contributed by atoms with E-state index in [1.54, 1.807) is 6.20 Å². The van der Waals surface area contributed by atoms with Gasteiger partial charge in [0.05, 0.1) is 5.69 Å². The third-order valence-corrected chi connectivity index (χ3v) is 4.31. The second-order valence-electron chi connectivity index (χ2n) is 4.92. The molecule has 0 saturated heterocycles. The highest BCUT2D eigenvalue weighted by Crippen LogP contribution is 2.31. The summed E-state index contributed by atoms with van der Waals surface area (Å²) in [5.74, 6) is 0.599. The van der Waals surface area contributed by atoms with E-state index in [2.05, 4.69) is 15.3 Å². The van der Waals surface area contributed by atoms with Crippen molar-refractivity contribution >= 4 is 22.8 Å². The highest BCUT2D eigenvalue weighted by molar-refractivity contribution is 8.13. The van der Waals surface area contributed by atoms with Gasteiger partial charge in [-0.25, -0.2) is 4.99 Å². The maximum absolute atomic E-state index is 12.3. The van der Waals surface area contributed by atoms with Gasteiger partial charge in [-0.15, -0.1) is 0 Å². The predicted octanol–water partition coefficient (Wildman–Crippen LogP) is 2.72. The van der Waals surface area contributed by atoms with Crippen molar-refractivity contribution in [2.75, 3.05) is 0 Å². The lowest BCUT2D eigenvalue weighted by Crippen LogP contribution is -2.34. The lowest BCUT2D eigenvalue weighted by atomic mass is 9.93. The summed E-state index contributed by atoms with van der Waals surface area (Å²) < 4.78 is 0. The number of thioether (sulfide) groups is 1. The van der Waals surface area contributed by atoms with Crippen LogP contribution in [0.1, 0.15) is 18.2 Å². The molecule has 4 nitrogen and oxygen atoms in total. The maximum Gasteiger partial charge on any atom is 0.258 e. The minimum Gasteiger partial charge on any atom is -0.303 e. The minimum atomic E-state index is -0.840. The summed E-state index contributed by atoms with van der Waals surface area (Å²) in [6.07, 6.45) is 1.76. The second kappa shape index (κ2) is 5.69. The lowest BCUT2D eigenvalue weighted by molar-refractivity contribution is -0.123. The Balaban J connectivity index is 1.76. The molecule has 21 heavy (non-hydrogen) atoms. The first-order valence-electron chi connectivity index (χ1n) is 6.68. The first-order chi connectivity index (χ1) is 10.2. The van der Waals surface area contributed by atoms with Crippen LogP contribution >= 0.6 is 11.8 Å². The molecule has 106 valence electrons. The number of hydrogen-bond acceptors (Lipinski definition) is 4. The van der Waals surface area contributed by atoms with E-state index in [4.69, 9.17) is 0 Å². The quantitative estimate of drug-likeness (QED) is 0.947. The zero-order valence-corrected chi connectivity index (χ0v) is 12.4. The van der Waals surface area contributed by atoms with Crippen molar-refractivity contribution in [2.24, 2.45) is 4.99 Å². The summed E-state index contributed by atoms with van der Waals surface area (Å²) in [4.78, 5) is 21.1. The molecule has 1 atom stereocenters. The minimum absolute atomic E-state index is 0.0859.